The molecule has 0 aliphatic carbocycles. The Balaban J connectivity index is 1.09. The molecule has 0 saturated carbocycles. The van der Waals surface area contributed by atoms with E-state index in [0.717, 1.165) is 48.4 Å². The molecule has 0 radical (unpaired) electrons. The molecule has 6 nitrogen and oxygen atoms in total. The molecule has 7 heteroatoms. The Morgan fingerprint density at radius 2 is 1.72 bits per heavy atom. The number of benzene rings is 3. The smallest absolute Gasteiger partial charge is 0.322 e. The van der Waals surface area contributed by atoms with Crippen molar-refractivity contribution in [3.05, 3.63) is 96.1 Å². The highest BCUT2D eigenvalue weighted by molar-refractivity contribution is 5.91. The van der Waals surface area contributed by atoms with Crippen molar-refractivity contribution in [2.45, 2.75) is 63.7 Å². The predicted octanol–water partition coefficient (Wildman–Crippen LogP) is 6.46. The second kappa shape index (κ2) is 11.2. The second-order valence-corrected chi connectivity index (χ2v) is 10.9. The number of halogens is 1. The summed E-state index contributed by atoms with van der Waals surface area (Å²) in [5.74, 6) is 0.813. The normalized spacial score (nSPS) is 20.8. The minimum absolute atomic E-state index is 0.158. The Hall–Kier alpha value is -3.71. The van der Waals surface area contributed by atoms with E-state index in [1.54, 1.807) is 6.07 Å². The van der Waals surface area contributed by atoms with Crippen LogP contribution in [0.25, 0.3) is 11.0 Å². The number of anilines is 1. The molecule has 1 aromatic heterocycles. The van der Waals surface area contributed by atoms with Crippen molar-refractivity contribution in [2.75, 3.05) is 18.0 Å². The van der Waals surface area contributed by atoms with Crippen LogP contribution in [0.2, 0.25) is 0 Å². The van der Waals surface area contributed by atoms with Gasteiger partial charge in [0.1, 0.15) is 11.6 Å². The zero-order chi connectivity index (χ0) is 26.8. The van der Waals surface area contributed by atoms with Crippen LogP contribution in [0.5, 0.6) is 0 Å². The highest BCUT2D eigenvalue weighted by Gasteiger charge is 2.41. The molecule has 0 spiro atoms. The summed E-state index contributed by atoms with van der Waals surface area (Å²) < 4.78 is 16.1. The fourth-order valence-electron chi connectivity index (χ4n) is 6.73. The lowest BCUT2D eigenvalue weighted by molar-refractivity contribution is 0.107. The molecule has 4 aromatic rings. The fourth-order valence-corrected chi connectivity index (χ4v) is 6.73. The number of fused-ring (bicyclic) bond motifs is 3. The highest BCUT2D eigenvalue weighted by Crippen LogP contribution is 2.42. The number of nitrogens with zero attached hydrogens (tertiary/aromatic N) is 4. The van der Waals surface area contributed by atoms with Gasteiger partial charge in [0.2, 0.25) is 0 Å². The van der Waals surface area contributed by atoms with E-state index in [1.165, 1.54) is 30.5 Å². The number of amides is 2. The van der Waals surface area contributed by atoms with Gasteiger partial charge in [-0.15, -0.1) is 0 Å². The van der Waals surface area contributed by atoms with Crippen molar-refractivity contribution in [3.8, 4) is 0 Å². The molecule has 1 N–H and O–H groups in total. The van der Waals surface area contributed by atoms with E-state index in [2.05, 4.69) is 46.0 Å². The van der Waals surface area contributed by atoms with Crippen molar-refractivity contribution >= 4 is 22.8 Å². The number of piperidine rings is 1. The quantitative estimate of drug-likeness (QED) is 0.287. The van der Waals surface area contributed by atoms with Gasteiger partial charge in [0.05, 0.1) is 11.0 Å². The molecule has 2 aliphatic heterocycles. The van der Waals surface area contributed by atoms with Gasteiger partial charge in [0, 0.05) is 43.4 Å². The summed E-state index contributed by atoms with van der Waals surface area (Å²) in [6, 6.07) is 26.1. The van der Waals surface area contributed by atoms with Crippen LogP contribution in [0.4, 0.5) is 14.9 Å². The molecule has 3 atom stereocenters. The maximum absolute atomic E-state index is 13.6. The van der Waals surface area contributed by atoms with E-state index in [-0.39, 0.29) is 11.8 Å². The number of aromatic nitrogens is 2. The van der Waals surface area contributed by atoms with Crippen molar-refractivity contribution in [1.82, 2.24) is 19.8 Å². The number of rotatable bonds is 8. The molecule has 202 valence electrons. The van der Waals surface area contributed by atoms with Crippen LogP contribution < -0.4 is 10.2 Å². The Morgan fingerprint density at radius 1 is 0.974 bits per heavy atom. The van der Waals surface area contributed by atoms with Gasteiger partial charge in [-0.1, -0.05) is 42.5 Å². The number of carbonyl (C=O) groups is 1. The first kappa shape index (κ1) is 25.6. The van der Waals surface area contributed by atoms with Gasteiger partial charge in [0.25, 0.3) is 0 Å². The Labute approximate surface area is 229 Å². The molecule has 2 fully saturated rings. The Kier molecular flexibility index (Phi) is 7.33. The topological polar surface area (TPSA) is 53.4 Å². The third-order valence-corrected chi connectivity index (χ3v) is 8.44. The molecule has 2 amide bonds. The molecule has 3 aromatic carbocycles. The minimum atomic E-state index is -0.295. The third kappa shape index (κ3) is 5.41. The average Bonchev–Trinajstić information content (AvgIpc) is 3.40. The number of hydrogen-bond acceptors (Lipinski definition) is 3. The van der Waals surface area contributed by atoms with Crippen molar-refractivity contribution in [1.29, 1.82) is 0 Å². The number of carbonyl (C=O) groups excluding carboxylic acids is 1. The van der Waals surface area contributed by atoms with Crippen LogP contribution in [0.15, 0.2) is 78.9 Å². The number of nitrogens with one attached hydrogen (secondary N) is 1. The summed E-state index contributed by atoms with van der Waals surface area (Å²) in [6.45, 7) is 4.03. The first-order chi connectivity index (χ1) is 19.1. The van der Waals surface area contributed by atoms with Gasteiger partial charge < -0.3 is 9.88 Å². The first-order valence-corrected chi connectivity index (χ1v) is 14.1. The second-order valence-electron chi connectivity index (χ2n) is 10.9. The van der Waals surface area contributed by atoms with E-state index in [1.807, 2.05) is 41.3 Å². The summed E-state index contributed by atoms with van der Waals surface area (Å²) in [7, 11) is 0. The molecule has 2 aliphatic rings. The number of hydrogen-bond donors (Lipinski definition) is 1. The molecule has 6 rings (SSSR count). The van der Waals surface area contributed by atoms with Crippen LogP contribution in [-0.4, -0.2) is 45.7 Å². The van der Waals surface area contributed by atoms with E-state index < -0.39 is 0 Å². The SMILES string of the molecule is Cc1nc2ccccc2n1C1C[C@H]2CC[C@@H](C1)N2CCCN(C(=O)NCc1cccc(F)c1)c1ccccc1. The van der Waals surface area contributed by atoms with Crippen LogP contribution in [0.3, 0.4) is 0 Å². The molecular formula is C32H36FN5O. The molecule has 1 unspecified atom stereocenters. The maximum atomic E-state index is 13.6. The van der Waals surface area contributed by atoms with Gasteiger partial charge in [-0.2, -0.15) is 0 Å². The van der Waals surface area contributed by atoms with Gasteiger partial charge in [-0.05, 0) is 81.0 Å². The minimum Gasteiger partial charge on any atom is -0.334 e. The number of aryl methyl sites for hydroxylation is 1. The molecule has 2 saturated heterocycles. The summed E-state index contributed by atoms with van der Waals surface area (Å²) in [5, 5.41) is 2.98. The number of imidazole rings is 1. The Morgan fingerprint density at radius 3 is 2.49 bits per heavy atom. The van der Waals surface area contributed by atoms with Gasteiger partial charge in [-0.3, -0.25) is 9.80 Å². The summed E-state index contributed by atoms with van der Waals surface area (Å²) >= 11 is 0. The lowest BCUT2D eigenvalue weighted by atomic mass is 9.96. The van der Waals surface area contributed by atoms with Crippen molar-refractivity contribution in [2.24, 2.45) is 0 Å². The van der Waals surface area contributed by atoms with Crippen LogP contribution in [-0.2, 0) is 6.54 Å². The lowest BCUT2D eigenvalue weighted by Crippen LogP contribution is -2.45. The van der Waals surface area contributed by atoms with Gasteiger partial charge in [-0.25, -0.2) is 14.2 Å². The van der Waals surface area contributed by atoms with Crippen molar-refractivity contribution in [3.63, 3.8) is 0 Å². The average molecular weight is 526 g/mol. The standard InChI is InChI=1S/C32H36FN5O/c1-23-35-30-13-5-6-14-31(30)38(23)29-20-27-15-16-28(21-29)36(27)17-8-18-37(26-11-3-2-4-12-26)32(39)34-22-24-9-7-10-25(33)19-24/h2-7,9-14,19,27-29H,8,15-18,20-22H2,1H3,(H,34,39)/t27-,28+,29?. The summed E-state index contributed by atoms with van der Waals surface area (Å²) in [4.78, 5) is 22.6. The largest absolute Gasteiger partial charge is 0.334 e. The summed E-state index contributed by atoms with van der Waals surface area (Å²) in [5.41, 5.74) is 3.95. The molecule has 39 heavy (non-hydrogen) atoms. The van der Waals surface area contributed by atoms with E-state index >= 15 is 0 Å². The Bertz CT molecular complexity index is 1420. The highest BCUT2D eigenvalue weighted by atomic mass is 19.1. The molecular weight excluding hydrogens is 489 g/mol. The van der Waals surface area contributed by atoms with Crippen LogP contribution in [0, 0.1) is 12.7 Å². The van der Waals surface area contributed by atoms with Crippen LogP contribution >= 0.6 is 0 Å². The maximum Gasteiger partial charge on any atom is 0.322 e. The van der Waals surface area contributed by atoms with Gasteiger partial charge >= 0.3 is 6.03 Å². The van der Waals surface area contributed by atoms with E-state index in [4.69, 9.17) is 4.98 Å². The zero-order valence-corrected chi connectivity index (χ0v) is 22.5. The zero-order valence-electron chi connectivity index (χ0n) is 22.5. The summed E-state index contributed by atoms with van der Waals surface area (Å²) in [6.07, 6.45) is 5.67. The van der Waals surface area contributed by atoms with Gasteiger partial charge in [0.15, 0.2) is 0 Å². The first-order valence-electron chi connectivity index (χ1n) is 14.1. The number of urea groups is 1. The van der Waals surface area contributed by atoms with E-state index in [0.29, 0.717) is 31.2 Å². The molecule has 2 bridgehead atoms. The number of para-hydroxylation sites is 3. The molecule has 3 heterocycles. The van der Waals surface area contributed by atoms with Crippen molar-refractivity contribution < 1.29 is 9.18 Å². The fraction of sp³-hybridized carbons (Fsp3) is 0.375. The predicted molar refractivity (Wildman–Crippen MR) is 153 cm³/mol. The lowest BCUT2D eigenvalue weighted by Gasteiger charge is -2.40. The van der Waals surface area contributed by atoms with E-state index in [9.17, 15) is 9.18 Å². The van der Waals surface area contributed by atoms with Crippen LogP contribution in [0.1, 0.15) is 49.5 Å². The third-order valence-electron chi connectivity index (χ3n) is 8.44. The monoisotopic (exact) mass is 525 g/mol.